The third kappa shape index (κ3) is 10.6. The van der Waals surface area contributed by atoms with Crippen LogP contribution in [0.4, 0.5) is 0 Å². The SMILES string of the molecule is CNC(C)CN(CC(C)NC(C)C)CC(C)NC(C)C. The third-order valence-electron chi connectivity index (χ3n) is 3.32. The maximum atomic E-state index is 3.60. The van der Waals surface area contributed by atoms with Crippen molar-refractivity contribution in [2.75, 3.05) is 26.7 Å². The highest BCUT2D eigenvalue weighted by Gasteiger charge is 2.16. The van der Waals surface area contributed by atoms with Crippen molar-refractivity contribution in [1.29, 1.82) is 0 Å². The van der Waals surface area contributed by atoms with E-state index >= 15 is 0 Å². The lowest BCUT2D eigenvalue weighted by Crippen LogP contribution is -2.50. The van der Waals surface area contributed by atoms with Crippen LogP contribution in [0.2, 0.25) is 0 Å². The van der Waals surface area contributed by atoms with Gasteiger partial charge in [0.1, 0.15) is 0 Å². The Labute approximate surface area is 127 Å². The quantitative estimate of drug-likeness (QED) is 0.540. The highest BCUT2D eigenvalue weighted by molar-refractivity contribution is 4.77. The van der Waals surface area contributed by atoms with Gasteiger partial charge in [0.05, 0.1) is 0 Å². The molecule has 3 unspecified atom stereocenters. The second-order valence-electron chi connectivity index (χ2n) is 6.85. The summed E-state index contributed by atoms with van der Waals surface area (Å²) in [4.78, 5) is 2.56. The molecule has 0 aromatic heterocycles. The first-order chi connectivity index (χ1) is 9.24. The summed E-state index contributed by atoms with van der Waals surface area (Å²) in [5.74, 6) is 0. The fourth-order valence-electron chi connectivity index (χ4n) is 2.72. The summed E-state index contributed by atoms with van der Waals surface area (Å²) in [7, 11) is 2.04. The molecule has 0 amide bonds. The molecule has 122 valence electrons. The minimum absolute atomic E-state index is 0.519. The number of nitrogens with zero attached hydrogens (tertiary/aromatic N) is 1. The summed E-state index contributed by atoms with van der Waals surface area (Å²) >= 11 is 0. The lowest BCUT2D eigenvalue weighted by molar-refractivity contribution is 0.204. The van der Waals surface area contributed by atoms with Crippen molar-refractivity contribution >= 4 is 0 Å². The predicted octanol–water partition coefficient (Wildman–Crippen LogP) is 1.67. The first-order valence-electron chi connectivity index (χ1n) is 8.16. The molecule has 0 fully saturated rings. The van der Waals surface area contributed by atoms with E-state index in [0.29, 0.717) is 30.2 Å². The van der Waals surface area contributed by atoms with Crippen molar-refractivity contribution in [2.24, 2.45) is 0 Å². The van der Waals surface area contributed by atoms with Crippen LogP contribution >= 0.6 is 0 Å². The van der Waals surface area contributed by atoms with Crippen molar-refractivity contribution in [1.82, 2.24) is 20.9 Å². The van der Waals surface area contributed by atoms with Crippen LogP contribution in [0, 0.1) is 0 Å². The molecule has 0 aliphatic rings. The zero-order chi connectivity index (χ0) is 15.7. The van der Waals surface area contributed by atoms with Crippen LogP contribution in [0.5, 0.6) is 0 Å². The monoisotopic (exact) mass is 286 g/mol. The standard InChI is InChI=1S/C16H38N4/c1-12(2)18-15(6)10-20(9-14(5)17-8)11-16(7)19-13(3)4/h12-19H,9-11H2,1-8H3. The van der Waals surface area contributed by atoms with E-state index < -0.39 is 0 Å². The van der Waals surface area contributed by atoms with Crippen molar-refractivity contribution in [2.45, 2.75) is 78.7 Å². The smallest absolute Gasteiger partial charge is 0.0169 e. The summed E-state index contributed by atoms with van der Waals surface area (Å²) in [6.45, 7) is 18.9. The lowest BCUT2D eigenvalue weighted by Gasteiger charge is -2.32. The minimum atomic E-state index is 0.519. The van der Waals surface area contributed by atoms with Gasteiger partial charge in [0.2, 0.25) is 0 Å². The number of nitrogens with one attached hydrogen (secondary N) is 3. The van der Waals surface area contributed by atoms with Gasteiger partial charge in [-0.2, -0.15) is 0 Å². The Morgan fingerprint density at radius 1 is 0.650 bits per heavy atom. The van der Waals surface area contributed by atoms with Crippen LogP contribution in [0.3, 0.4) is 0 Å². The van der Waals surface area contributed by atoms with Crippen LogP contribution in [0.1, 0.15) is 48.5 Å². The number of rotatable bonds is 11. The highest BCUT2D eigenvalue weighted by atomic mass is 15.2. The van der Waals surface area contributed by atoms with Crippen molar-refractivity contribution in [3.63, 3.8) is 0 Å². The molecule has 20 heavy (non-hydrogen) atoms. The second kappa shape index (κ2) is 10.6. The largest absolute Gasteiger partial charge is 0.316 e. The normalized spacial score (nSPS) is 16.9. The topological polar surface area (TPSA) is 39.3 Å². The maximum absolute atomic E-state index is 3.60. The Kier molecular flexibility index (Phi) is 10.5. The summed E-state index contributed by atoms with van der Waals surface area (Å²) in [6, 6.07) is 2.64. The van der Waals surface area contributed by atoms with Crippen molar-refractivity contribution in [3.05, 3.63) is 0 Å². The summed E-state index contributed by atoms with van der Waals surface area (Å²) in [5.41, 5.74) is 0. The van der Waals surface area contributed by atoms with Crippen LogP contribution < -0.4 is 16.0 Å². The molecule has 0 saturated heterocycles. The molecule has 0 aromatic carbocycles. The van der Waals surface area contributed by atoms with Crippen LogP contribution in [-0.2, 0) is 0 Å². The molecule has 0 rings (SSSR count). The summed E-state index contributed by atoms with van der Waals surface area (Å²) < 4.78 is 0. The van der Waals surface area contributed by atoms with Gasteiger partial charge in [0.25, 0.3) is 0 Å². The van der Waals surface area contributed by atoms with Gasteiger partial charge >= 0.3 is 0 Å². The summed E-state index contributed by atoms with van der Waals surface area (Å²) in [6.07, 6.45) is 0. The molecule has 0 radical (unpaired) electrons. The molecule has 0 heterocycles. The van der Waals surface area contributed by atoms with Crippen LogP contribution in [-0.4, -0.2) is 61.8 Å². The van der Waals surface area contributed by atoms with Gasteiger partial charge < -0.3 is 16.0 Å². The average Bonchev–Trinajstić information content (AvgIpc) is 2.25. The van der Waals surface area contributed by atoms with Gasteiger partial charge in [-0.15, -0.1) is 0 Å². The molecule has 4 nitrogen and oxygen atoms in total. The molecule has 0 spiro atoms. The van der Waals surface area contributed by atoms with E-state index in [1.54, 1.807) is 0 Å². The van der Waals surface area contributed by atoms with Crippen LogP contribution in [0.25, 0.3) is 0 Å². The zero-order valence-electron chi connectivity index (χ0n) is 15.0. The number of hydrogen-bond donors (Lipinski definition) is 3. The van der Waals surface area contributed by atoms with Gasteiger partial charge in [0.15, 0.2) is 0 Å². The molecule has 0 aliphatic carbocycles. The Balaban J connectivity index is 4.39. The van der Waals surface area contributed by atoms with Gasteiger partial charge in [-0.1, -0.05) is 27.7 Å². The Morgan fingerprint density at radius 3 is 1.30 bits per heavy atom. The van der Waals surface area contributed by atoms with Gasteiger partial charge in [-0.05, 0) is 27.8 Å². The van der Waals surface area contributed by atoms with E-state index in [0.717, 1.165) is 19.6 Å². The zero-order valence-corrected chi connectivity index (χ0v) is 15.0. The van der Waals surface area contributed by atoms with Crippen molar-refractivity contribution < 1.29 is 0 Å². The molecule has 0 aromatic rings. The molecule has 3 atom stereocenters. The molecular weight excluding hydrogens is 248 g/mol. The van der Waals surface area contributed by atoms with Gasteiger partial charge in [0, 0.05) is 49.8 Å². The molecular formula is C16H38N4. The van der Waals surface area contributed by atoms with E-state index in [2.05, 4.69) is 69.3 Å². The molecule has 4 heteroatoms. The minimum Gasteiger partial charge on any atom is -0.316 e. The molecule has 0 saturated carbocycles. The molecule has 0 aliphatic heterocycles. The first kappa shape index (κ1) is 19.8. The Morgan fingerprint density at radius 2 is 1.00 bits per heavy atom. The second-order valence-corrected chi connectivity index (χ2v) is 6.85. The summed E-state index contributed by atoms with van der Waals surface area (Å²) in [5, 5.41) is 10.5. The molecule has 0 bridgehead atoms. The van der Waals surface area contributed by atoms with E-state index in [4.69, 9.17) is 0 Å². The lowest BCUT2D eigenvalue weighted by atomic mass is 10.2. The highest BCUT2D eigenvalue weighted by Crippen LogP contribution is 2.00. The first-order valence-corrected chi connectivity index (χ1v) is 8.16. The van der Waals surface area contributed by atoms with E-state index in [9.17, 15) is 0 Å². The van der Waals surface area contributed by atoms with E-state index in [1.807, 2.05) is 7.05 Å². The Bertz CT molecular complexity index is 213. The maximum Gasteiger partial charge on any atom is 0.0169 e. The Hall–Kier alpha value is -0.160. The third-order valence-corrected chi connectivity index (χ3v) is 3.32. The van der Waals surface area contributed by atoms with Crippen LogP contribution in [0.15, 0.2) is 0 Å². The van der Waals surface area contributed by atoms with Crippen molar-refractivity contribution in [3.8, 4) is 0 Å². The molecule has 3 N–H and O–H groups in total. The average molecular weight is 287 g/mol. The van der Waals surface area contributed by atoms with E-state index in [-0.39, 0.29) is 0 Å². The fourth-order valence-corrected chi connectivity index (χ4v) is 2.72. The fraction of sp³-hybridized carbons (Fsp3) is 1.00. The van der Waals surface area contributed by atoms with Gasteiger partial charge in [-0.3, -0.25) is 4.90 Å². The number of likely N-dealkylation sites (N-methyl/N-ethyl adjacent to an activating group) is 1. The predicted molar refractivity (Wildman–Crippen MR) is 90.4 cm³/mol. The van der Waals surface area contributed by atoms with E-state index in [1.165, 1.54) is 0 Å². The number of hydrogen-bond acceptors (Lipinski definition) is 4. The van der Waals surface area contributed by atoms with Gasteiger partial charge in [-0.25, -0.2) is 0 Å².